The lowest BCUT2D eigenvalue weighted by molar-refractivity contribution is -0.157. The molecule has 0 aliphatic carbocycles. The number of rotatable bonds is 10. The van der Waals surface area contributed by atoms with Crippen LogP contribution in [0.2, 0.25) is 0 Å². The lowest BCUT2D eigenvalue weighted by atomic mass is 9.84. The number of esters is 1. The van der Waals surface area contributed by atoms with Gasteiger partial charge in [-0.25, -0.2) is 9.82 Å². The maximum Gasteiger partial charge on any atom is 0.324 e. The smallest absolute Gasteiger partial charge is 0.324 e. The second-order valence-corrected chi connectivity index (χ2v) is 22.9. The van der Waals surface area contributed by atoms with Crippen molar-refractivity contribution in [1.82, 2.24) is 40.0 Å². The van der Waals surface area contributed by atoms with E-state index in [9.17, 15) is 24.0 Å². The molecule has 2 N–H and O–H groups in total. The molecule has 0 saturated carbocycles. The van der Waals surface area contributed by atoms with Gasteiger partial charge in [0.1, 0.15) is 18.1 Å². The van der Waals surface area contributed by atoms with E-state index in [1.807, 2.05) is 52.8 Å². The van der Waals surface area contributed by atoms with E-state index in [-0.39, 0.29) is 51.6 Å². The second kappa shape index (κ2) is 22.3. The van der Waals surface area contributed by atoms with Gasteiger partial charge in [-0.2, -0.15) is 0 Å². The monoisotopic (exact) mass is 1030 g/mol. The fourth-order valence-electron chi connectivity index (χ4n) is 10.9. The number of carbonyl (C=O) groups is 5. The van der Waals surface area contributed by atoms with Gasteiger partial charge in [-0.15, -0.1) is 0 Å². The van der Waals surface area contributed by atoms with Crippen molar-refractivity contribution in [2.75, 3.05) is 79.1 Å². The van der Waals surface area contributed by atoms with E-state index in [4.69, 9.17) is 19.2 Å². The first-order chi connectivity index (χ1) is 34.8. The van der Waals surface area contributed by atoms with Crippen molar-refractivity contribution in [2.45, 2.75) is 148 Å². The molecule has 0 radical (unpaired) electrons. The zero-order chi connectivity index (χ0) is 54.1. The number of methoxy groups -OCH3 is 1. The lowest BCUT2D eigenvalue weighted by Gasteiger charge is -2.44. The minimum absolute atomic E-state index is 0.0200. The molecular weight excluding hydrogens is 946 g/mol. The van der Waals surface area contributed by atoms with Crippen LogP contribution >= 0.6 is 0 Å². The van der Waals surface area contributed by atoms with E-state index in [0.717, 1.165) is 44.0 Å². The minimum atomic E-state index is -2.34. The molecule has 404 valence electrons. The van der Waals surface area contributed by atoms with Gasteiger partial charge in [0.2, 0.25) is 5.91 Å². The molecule has 74 heavy (non-hydrogen) atoms. The lowest BCUT2D eigenvalue weighted by Crippen LogP contribution is -2.64. The van der Waals surface area contributed by atoms with Crippen molar-refractivity contribution in [3.05, 3.63) is 47.8 Å². The average molecular weight is 1030 g/mol. The largest absolute Gasteiger partial charge is 0.464 e. The number of hydrogen-bond donors (Lipinski definition) is 2. The van der Waals surface area contributed by atoms with Crippen molar-refractivity contribution < 1.29 is 42.6 Å². The average Bonchev–Trinajstić information content (AvgIpc) is 3.67. The number of morpholine rings is 1. The third kappa shape index (κ3) is 11.9. The van der Waals surface area contributed by atoms with E-state index >= 15 is 4.39 Å². The van der Waals surface area contributed by atoms with Crippen LogP contribution in [0.1, 0.15) is 112 Å². The summed E-state index contributed by atoms with van der Waals surface area (Å²) in [5, 5.41) is 5.45. The Bertz CT molecular complexity index is 2650. The summed E-state index contributed by atoms with van der Waals surface area (Å²) in [6, 6.07) is 7.32. The highest BCUT2D eigenvalue weighted by molar-refractivity contribution is 5.97. The van der Waals surface area contributed by atoms with Crippen LogP contribution in [0.5, 0.6) is 0 Å². The topological polar surface area (TPSA) is 171 Å². The molecular formula is C56H80FN9O8. The standard InChI is InChI=1S/C56H80FN9O8/c1-14-65-44-20-19-38-31-40(44)41(48(65)39-17-15-25-58-46(39)37(4)72-13)32-53(5,6)35-73-51(70)42-18-16-26-66(60-42)50(69)43(33-55(9)34-64(38)29-30-74-55)59-49(68)47(36(2)3)62(12)52(71)56(57)23-27-63(28-24-56)45(67)21-22-54(7,8)61(10)11/h15,17,19-20,25,31,36-37,42-43,47,60H,14,16,18,23-24,26-30,32-35H2,1-13H3,(H,59,68)/t37-,42-,43-,47-,55-/m0/s1. The van der Waals surface area contributed by atoms with Crippen molar-refractivity contribution in [3.63, 3.8) is 0 Å². The van der Waals surface area contributed by atoms with Gasteiger partial charge in [0, 0.05) is 106 Å². The number of benzene rings is 1. The number of cyclic esters (lactones) is 1. The number of likely N-dealkylation sites (N-methyl/N-ethyl adjacent to an activating group) is 1. The number of likely N-dealkylation sites (tertiary alicyclic amines) is 1. The molecule has 0 spiro atoms. The Morgan fingerprint density at radius 1 is 1.05 bits per heavy atom. The number of nitrogens with zero attached hydrogens (tertiary/aromatic N) is 7. The molecule has 2 aromatic heterocycles. The Morgan fingerprint density at radius 3 is 2.43 bits per heavy atom. The number of aryl methyl sites for hydroxylation is 1. The van der Waals surface area contributed by atoms with Crippen LogP contribution in [-0.2, 0) is 51.1 Å². The molecule has 1 aromatic carbocycles. The van der Waals surface area contributed by atoms with E-state index in [1.165, 1.54) is 17.0 Å². The molecule has 6 heterocycles. The Morgan fingerprint density at radius 2 is 1.77 bits per heavy atom. The summed E-state index contributed by atoms with van der Waals surface area (Å²) in [4.78, 5) is 82.6. The maximum absolute atomic E-state index is 16.8. The van der Waals surface area contributed by atoms with Gasteiger partial charge in [0.25, 0.3) is 17.7 Å². The van der Waals surface area contributed by atoms with E-state index in [1.54, 1.807) is 27.2 Å². The van der Waals surface area contributed by atoms with Crippen molar-refractivity contribution in [1.29, 1.82) is 0 Å². The van der Waals surface area contributed by atoms with E-state index < -0.39 is 75.9 Å². The number of hydrazine groups is 1. The number of halogens is 1. The summed E-state index contributed by atoms with van der Waals surface area (Å²) in [6.07, 6.45) is 2.51. The number of ether oxygens (including phenoxy) is 3. The summed E-state index contributed by atoms with van der Waals surface area (Å²) >= 11 is 0. The van der Waals surface area contributed by atoms with Crippen molar-refractivity contribution in [3.8, 4) is 23.1 Å². The molecule has 18 heteroatoms. The molecule has 3 fully saturated rings. The van der Waals surface area contributed by atoms with Crippen LogP contribution in [-0.4, -0.2) is 168 Å². The third-order valence-corrected chi connectivity index (χ3v) is 15.7. The highest BCUT2D eigenvalue weighted by Gasteiger charge is 2.48. The number of piperidine rings is 1. The molecule has 4 amide bonds. The number of nitrogens with one attached hydrogen (secondary N) is 2. The molecule has 6 bridgehead atoms. The summed E-state index contributed by atoms with van der Waals surface area (Å²) in [5.41, 5.74) is 4.65. The number of amides is 4. The zero-order valence-corrected chi connectivity index (χ0v) is 46.0. The first-order valence-electron chi connectivity index (χ1n) is 26.3. The Labute approximate surface area is 437 Å². The van der Waals surface area contributed by atoms with Crippen LogP contribution < -0.4 is 15.6 Å². The van der Waals surface area contributed by atoms with Gasteiger partial charge >= 0.3 is 5.97 Å². The van der Waals surface area contributed by atoms with Crippen LogP contribution in [0.4, 0.5) is 10.1 Å². The fourth-order valence-corrected chi connectivity index (χ4v) is 10.9. The maximum atomic E-state index is 16.8. The Kier molecular flexibility index (Phi) is 16.9. The zero-order valence-electron chi connectivity index (χ0n) is 46.0. The van der Waals surface area contributed by atoms with Gasteiger partial charge in [-0.3, -0.25) is 38.9 Å². The first kappa shape index (κ1) is 56.1. The highest BCUT2D eigenvalue weighted by atomic mass is 19.1. The van der Waals surface area contributed by atoms with Crippen molar-refractivity contribution >= 4 is 46.2 Å². The summed E-state index contributed by atoms with van der Waals surface area (Å²) < 4.78 is 37.7. The highest BCUT2D eigenvalue weighted by Crippen LogP contribution is 2.42. The van der Waals surface area contributed by atoms with Gasteiger partial charge in [-0.1, -0.05) is 33.6 Å². The molecule has 3 saturated heterocycles. The van der Waals surface area contributed by atoms with Crippen LogP contribution in [0.25, 0.3) is 22.2 Å². The number of fused-ring (bicyclic) bond motifs is 6. The van der Waals surface area contributed by atoms with Gasteiger partial charge in [-0.05, 0) is 116 Å². The molecule has 17 nitrogen and oxygen atoms in total. The molecule has 7 rings (SSSR count). The third-order valence-electron chi connectivity index (χ3n) is 15.7. The normalized spacial score (nSPS) is 23.4. The number of hydrogen-bond acceptors (Lipinski definition) is 12. The number of anilines is 1. The second-order valence-electron chi connectivity index (χ2n) is 22.9. The van der Waals surface area contributed by atoms with E-state index in [0.29, 0.717) is 45.5 Å². The predicted octanol–water partition coefficient (Wildman–Crippen LogP) is 5.68. The van der Waals surface area contributed by atoms with Crippen molar-refractivity contribution in [2.24, 2.45) is 11.3 Å². The number of carbonyl (C=O) groups excluding carboxylic acids is 5. The van der Waals surface area contributed by atoms with Gasteiger partial charge in [0.15, 0.2) is 5.67 Å². The fraction of sp³-hybridized carbons (Fsp3) is 0.643. The Balaban J connectivity index is 1.21. The summed E-state index contributed by atoms with van der Waals surface area (Å²) in [5.74, 6) is 2.25. The SMILES string of the molecule is CCn1c(-c2cccnc2[C@H](C)OC)c2c3cc(ccc31)N1CCO[C@@](C)(C[C@H](NC(=O)[C@H](C(C)C)N(C)C(=O)C3(F)CCN(C(=O)C#CC(C)(C)N(C)C)CC3)C(=O)N3CCC[C@H](N3)C(=O)OCC(C)(C)C2)C1. The van der Waals surface area contributed by atoms with Crippen LogP contribution in [0, 0.1) is 23.2 Å². The van der Waals surface area contributed by atoms with E-state index in [2.05, 4.69) is 77.1 Å². The summed E-state index contributed by atoms with van der Waals surface area (Å²) in [6.45, 7) is 19.8. The summed E-state index contributed by atoms with van der Waals surface area (Å²) in [7, 11) is 6.83. The number of aromatic nitrogens is 2. The predicted molar refractivity (Wildman–Crippen MR) is 282 cm³/mol. The first-order valence-corrected chi connectivity index (χ1v) is 26.3. The van der Waals surface area contributed by atoms with Crippen LogP contribution in [0.15, 0.2) is 36.5 Å². The quantitative estimate of drug-likeness (QED) is 0.189. The van der Waals surface area contributed by atoms with Crippen LogP contribution in [0.3, 0.4) is 0 Å². The molecule has 4 aliphatic heterocycles. The van der Waals surface area contributed by atoms with Gasteiger partial charge < -0.3 is 38.8 Å². The molecule has 4 aliphatic rings. The number of pyridine rings is 1. The Hall–Kier alpha value is -5.61. The minimum Gasteiger partial charge on any atom is -0.464 e. The molecule has 5 atom stereocenters. The molecule has 0 unspecified atom stereocenters. The van der Waals surface area contributed by atoms with Gasteiger partial charge in [0.05, 0.1) is 41.8 Å². The number of alkyl halides is 1. The molecule has 3 aromatic rings.